The molecule has 1 fully saturated rings. The molecule has 1 atom stereocenters. The number of aryl methyl sites for hydroxylation is 2. The average molecular weight is 265 g/mol. The van der Waals surface area contributed by atoms with E-state index in [4.69, 9.17) is 0 Å². The summed E-state index contributed by atoms with van der Waals surface area (Å²) < 4.78 is 1.75. The second-order valence-electron chi connectivity index (χ2n) is 5.63. The van der Waals surface area contributed by atoms with E-state index in [1.807, 2.05) is 31.7 Å². The molecule has 1 amide bonds. The lowest BCUT2D eigenvalue weighted by Crippen LogP contribution is -2.34. The van der Waals surface area contributed by atoms with E-state index >= 15 is 0 Å². The average Bonchev–Trinajstić information content (AvgIpc) is 2.63. The van der Waals surface area contributed by atoms with E-state index in [-0.39, 0.29) is 5.91 Å². The molecule has 2 rings (SSSR count). The molecule has 0 saturated carbocycles. The number of hydrogen-bond acceptors (Lipinski definition) is 3. The van der Waals surface area contributed by atoms with Crippen molar-refractivity contribution in [2.75, 3.05) is 13.1 Å². The number of carbonyl (C=O) groups is 1. The third-order valence-corrected chi connectivity index (χ3v) is 3.77. The number of rotatable bonds is 2. The Morgan fingerprint density at radius 1 is 1.47 bits per heavy atom. The molecule has 1 N–H and O–H groups in total. The van der Waals surface area contributed by atoms with Crippen LogP contribution in [0.4, 0.5) is 0 Å². The quantitative estimate of drug-likeness (QED) is 0.883. The maximum Gasteiger partial charge on any atom is 0.272 e. The number of aromatic nitrogens is 2. The van der Waals surface area contributed by atoms with Crippen molar-refractivity contribution in [1.29, 1.82) is 0 Å². The van der Waals surface area contributed by atoms with E-state index in [1.54, 1.807) is 4.68 Å². The molecule has 2 heterocycles. The van der Waals surface area contributed by atoms with Gasteiger partial charge in [-0.2, -0.15) is 5.10 Å². The van der Waals surface area contributed by atoms with Gasteiger partial charge in [0, 0.05) is 19.6 Å². The standard InChI is InChI=1S/C14H23N3O2/c1-4-17-12(10-11(2)15-17)13(18)16-8-5-6-14(3,19)7-9-16/h10,19H,4-9H2,1-3H3. The second-order valence-corrected chi connectivity index (χ2v) is 5.63. The zero-order valence-corrected chi connectivity index (χ0v) is 12.0. The molecule has 1 saturated heterocycles. The Morgan fingerprint density at radius 2 is 2.21 bits per heavy atom. The van der Waals surface area contributed by atoms with Crippen molar-refractivity contribution < 1.29 is 9.90 Å². The van der Waals surface area contributed by atoms with Crippen LogP contribution in [0.25, 0.3) is 0 Å². The third kappa shape index (κ3) is 3.15. The van der Waals surface area contributed by atoms with E-state index in [0.717, 1.165) is 18.5 Å². The first kappa shape index (κ1) is 14.1. The smallest absolute Gasteiger partial charge is 0.272 e. The normalized spacial score (nSPS) is 24.3. The van der Waals surface area contributed by atoms with Crippen molar-refractivity contribution in [2.24, 2.45) is 0 Å². The zero-order valence-electron chi connectivity index (χ0n) is 12.0. The van der Waals surface area contributed by atoms with Gasteiger partial charge in [0.05, 0.1) is 11.3 Å². The summed E-state index contributed by atoms with van der Waals surface area (Å²) in [4.78, 5) is 14.4. The van der Waals surface area contributed by atoms with Gasteiger partial charge in [-0.05, 0) is 46.1 Å². The van der Waals surface area contributed by atoms with Crippen molar-refractivity contribution in [3.05, 3.63) is 17.5 Å². The van der Waals surface area contributed by atoms with Crippen LogP contribution in [0.1, 0.15) is 49.3 Å². The molecule has 0 aliphatic carbocycles. The first-order valence-corrected chi connectivity index (χ1v) is 6.99. The van der Waals surface area contributed by atoms with Crippen molar-refractivity contribution in [3.63, 3.8) is 0 Å². The first-order valence-electron chi connectivity index (χ1n) is 6.99. The molecule has 0 bridgehead atoms. The Balaban J connectivity index is 2.15. The van der Waals surface area contributed by atoms with E-state index < -0.39 is 5.60 Å². The molecule has 5 nitrogen and oxygen atoms in total. The number of nitrogens with zero attached hydrogens (tertiary/aromatic N) is 3. The highest BCUT2D eigenvalue weighted by Gasteiger charge is 2.28. The Morgan fingerprint density at radius 3 is 2.89 bits per heavy atom. The molecule has 0 aromatic carbocycles. The molecule has 1 aliphatic heterocycles. The van der Waals surface area contributed by atoms with Crippen molar-refractivity contribution in [3.8, 4) is 0 Å². The van der Waals surface area contributed by atoms with E-state index in [2.05, 4.69) is 5.10 Å². The summed E-state index contributed by atoms with van der Waals surface area (Å²) in [6.45, 7) is 7.75. The first-order chi connectivity index (χ1) is 8.93. The van der Waals surface area contributed by atoms with Crippen LogP contribution < -0.4 is 0 Å². The molecule has 1 aliphatic rings. The summed E-state index contributed by atoms with van der Waals surface area (Å²) in [5.74, 6) is 0.0279. The minimum Gasteiger partial charge on any atom is -0.390 e. The number of likely N-dealkylation sites (tertiary alicyclic amines) is 1. The van der Waals surface area contributed by atoms with Crippen LogP contribution in [-0.2, 0) is 6.54 Å². The molecule has 5 heteroatoms. The summed E-state index contributed by atoms with van der Waals surface area (Å²) in [6.07, 6.45) is 2.23. The second kappa shape index (κ2) is 5.33. The fourth-order valence-corrected chi connectivity index (χ4v) is 2.59. The monoisotopic (exact) mass is 265 g/mol. The highest BCUT2D eigenvalue weighted by atomic mass is 16.3. The summed E-state index contributed by atoms with van der Waals surface area (Å²) >= 11 is 0. The molecule has 1 aromatic heterocycles. The summed E-state index contributed by atoms with van der Waals surface area (Å²) in [5.41, 5.74) is 0.879. The van der Waals surface area contributed by atoms with E-state index in [1.165, 1.54) is 0 Å². The third-order valence-electron chi connectivity index (χ3n) is 3.77. The Bertz CT molecular complexity index is 465. The van der Waals surface area contributed by atoms with Gasteiger partial charge in [-0.3, -0.25) is 9.48 Å². The SMILES string of the molecule is CCn1nc(C)cc1C(=O)N1CCCC(C)(O)CC1. The highest BCUT2D eigenvalue weighted by Crippen LogP contribution is 2.22. The molecule has 0 spiro atoms. The minimum absolute atomic E-state index is 0.0279. The van der Waals surface area contributed by atoms with Gasteiger partial charge in [-0.25, -0.2) is 0 Å². The molecular weight excluding hydrogens is 242 g/mol. The molecule has 1 unspecified atom stereocenters. The molecular formula is C14H23N3O2. The summed E-state index contributed by atoms with van der Waals surface area (Å²) in [5, 5.41) is 14.4. The fraction of sp³-hybridized carbons (Fsp3) is 0.714. The van der Waals surface area contributed by atoms with Gasteiger partial charge in [0.1, 0.15) is 5.69 Å². The molecule has 106 valence electrons. The van der Waals surface area contributed by atoms with E-state index in [0.29, 0.717) is 31.7 Å². The van der Waals surface area contributed by atoms with Crippen molar-refractivity contribution in [2.45, 2.75) is 52.2 Å². The highest BCUT2D eigenvalue weighted by molar-refractivity contribution is 5.92. The van der Waals surface area contributed by atoms with Crippen molar-refractivity contribution >= 4 is 5.91 Å². The van der Waals surface area contributed by atoms with Gasteiger partial charge >= 0.3 is 0 Å². The number of hydrogen-bond donors (Lipinski definition) is 1. The van der Waals surface area contributed by atoms with Crippen LogP contribution in [-0.4, -0.2) is 44.4 Å². The van der Waals surface area contributed by atoms with Gasteiger partial charge in [-0.15, -0.1) is 0 Å². The minimum atomic E-state index is -0.643. The predicted octanol–water partition coefficient (Wildman–Crippen LogP) is 1.59. The summed E-state index contributed by atoms with van der Waals surface area (Å²) in [7, 11) is 0. The topological polar surface area (TPSA) is 58.4 Å². The van der Waals surface area contributed by atoms with Crippen LogP contribution in [0.15, 0.2) is 6.07 Å². The van der Waals surface area contributed by atoms with Crippen LogP contribution in [0, 0.1) is 6.92 Å². The lowest BCUT2D eigenvalue weighted by atomic mass is 9.98. The van der Waals surface area contributed by atoms with Crippen LogP contribution >= 0.6 is 0 Å². The van der Waals surface area contributed by atoms with Gasteiger partial charge in [0.2, 0.25) is 0 Å². The van der Waals surface area contributed by atoms with Crippen LogP contribution in [0.5, 0.6) is 0 Å². The molecule has 19 heavy (non-hydrogen) atoms. The Hall–Kier alpha value is -1.36. The number of amides is 1. The fourth-order valence-electron chi connectivity index (χ4n) is 2.59. The van der Waals surface area contributed by atoms with Crippen molar-refractivity contribution in [1.82, 2.24) is 14.7 Å². The lowest BCUT2D eigenvalue weighted by Gasteiger charge is -2.22. The van der Waals surface area contributed by atoms with E-state index in [9.17, 15) is 9.90 Å². The Kier molecular flexibility index (Phi) is 3.94. The molecule has 0 radical (unpaired) electrons. The van der Waals surface area contributed by atoms with Gasteiger partial charge in [-0.1, -0.05) is 0 Å². The maximum absolute atomic E-state index is 12.5. The van der Waals surface area contributed by atoms with Gasteiger partial charge in [0.15, 0.2) is 0 Å². The Labute approximate surface area is 114 Å². The lowest BCUT2D eigenvalue weighted by molar-refractivity contribution is 0.0436. The van der Waals surface area contributed by atoms with Gasteiger partial charge < -0.3 is 10.0 Å². The molecule has 1 aromatic rings. The summed E-state index contributed by atoms with van der Waals surface area (Å²) in [6, 6.07) is 1.84. The van der Waals surface area contributed by atoms with Crippen LogP contribution in [0.3, 0.4) is 0 Å². The van der Waals surface area contributed by atoms with Crippen LogP contribution in [0.2, 0.25) is 0 Å². The maximum atomic E-state index is 12.5. The number of aliphatic hydroxyl groups is 1. The number of carbonyl (C=O) groups excluding carboxylic acids is 1. The largest absolute Gasteiger partial charge is 0.390 e. The predicted molar refractivity (Wildman–Crippen MR) is 73.0 cm³/mol. The van der Waals surface area contributed by atoms with Gasteiger partial charge in [0.25, 0.3) is 5.91 Å². The zero-order chi connectivity index (χ0) is 14.0.